The second-order valence-electron chi connectivity index (χ2n) is 3.71. The van der Waals surface area contributed by atoms with Crippen molar-refractivity contribution in [2.24, 2.45) is 21.5 Å². The number of aliphatic imine (C=N–C) groups is 2. The van der Waals surface area contributed by atoms with E-state index in [0.29, 0.717) is 5.96 Å². The van der Waals surface area contributed by atoms with Crippen LogP contribution in [-0.2, 0) is 6.42 Å². The molecule has 0 aliphatic heterocycles. The zero-order chi connectivity index (χ0) is 12.7. The molecule has 0 heterocycles. The van der Waals surface area contributed by atoms with E-state index in [-0.39, 0.29) is 5.96 Å². The normalized spacial score (nSPS) is 12.6. The Hall–Kier alpha value is -2.04. The third-order valence-corrected chi connectivity index (χ3v) is 2.43. The molecule has 0 amide bonds. The lowest BCUT2D eigenvalue weighted by Crippen LogP contribution is -2.36. The summed E-state index contributed by atoms with van der Waals surface area (Å²) in [4.78, 5) is 9.54. The van der Waals surface area contributed by atoms with Gasteiger partial charge < -0.3 is 16.4 Å². The minimum atomic E-state index is 0.189. The van der Waals surface area contributed by atoms with Gasteiger partial charge >= 0.3 is 0 Å². The van der Waals surface area contributed by atoms with Gasteiger partial charge in [-0.25, -0.2) is 0 Å². The number of hydrogen-bond acceptors (Lipinski definition) is 1. The molecule has 0 fully saturated rings. The van der Waals surface area contributed by atoms with Crippen LogP contribution in [-0.4, -0.2) is 37.5 Å². The van der Waals surface area contributed by atoms with Crippen LogP contribution in [0.3, 0.4) is 0 Å². The van der Waals surface area contributed by atoms with Crippen molar-refractivity contribution in [1.29, 1.82) is 0 Å². The van der Waals surface area contributed by atoms with Gasteiger partial charge in [0.25, 0.3) is 0 Å². The van der Waals surface area contributed by atoms with Crippen LogP contribution in [0.25, 0.3) is 0 Å². The quantitative estimate of drug-likeness (QED) is 0.586. The van der Waals surface area contributed by atoms with Crippen molar-refractivity contribution in [3.8, 4) is 0 Å². The summed E-state index contributed by atoms with van der Waals surface area (Å²) in [6, 6.07) is 10.2. The van der Waals surface area contributed by atoms with Crippen LogP contribution in [0.15, 0.2) is 40.3 Å². The fourth-order valence-electron chi connectivity index (χ4n) is 1.31. The van der Waals surface area contributed by atoms with E-state index in [1.165, 1.54) is 5.56 Å². The van der Waals surface area contributed by atoms with Gasteiger partial charge in [0.15, 0.2) is 5.96 Å². The highest BCUT2D eigenvalue weighted by atomic mass is 15.2. The molecule has 1 aromatic carbocycles. The Morgan fingerprint density at radius 1 is 1.24 bits per heavy atom. The Balaban J connectivity index is 2.50. The first kappa shape index (κ1) is 13.0. The molecule has 1 aromatic rings. The van der Waals surface area contributed by atoms with Crippen LogP contribution in [0.4, 0.5) is 0 Å². The van der Waals surface area contributed by atoms with E-state index < -0.39 is 0 Å². The molecule has 1 rings (SSSR count). The molecular formula is C12H19N5. The Bertz CT molecular complexity index is 397. The first-order valence-corrected chi connectivity index (χ1v) is 5.45. The maximum absolute atomic E-state index is 5.77. The number of rotatable bonds is 3. The number of guanidine groups is 2. The van der Waals surface area contributed by atoms with E-state index in [0.717, 1.165) is 13.0 Å². The fourth-order valence-corrected chi connectivity index (χ4v) is 1.31. The average molecular weight is 233 g/mol. The minimum absolute atomic E-state index is 0.189. The van der Waals surface area contributed by atoms with E-state index >= 15 is 0 Å². The van der Waals surface area contributed by atoms with Crippen molar-refractivity contribution in [2.75, 3.05) is 20.6 Å². The van der Waals surface area contributed by atoms with Crippen LogP contribution in [0.5, 0.6) is 0 Å². The summed E-state index contributed by atoms with van der Waals surface area (Å²) < 4.78 is 0. The highest BCUT2D eigenvalue weighted by Gasteiger charge is 2.02. The summed E-state index contributed by atoms with van der Waals surface area (Å²) in [7, 11) is 3.46. The summed E-state index contributed by atoms with van der Waals surface area (Å²) in [5, 5.41) is 0. The summed E-state index contributed by atoms with van der Waals surface area (Å²) in [6.07, 6.45) is 0.913. The number of nitrogens with two attached hydrogens (primary N) is 2. The lowest BCUT2D eigenvalue weighted by atomic mass is 10.1. The van der Waals surface area contributed by atoms with E-state index in [1.807, 2.05) is 30.1 Å². The molecule has 0 aromatic heterocycles. The number of benzene rings is 1. The molecule has 0 spiro atoms. The molecule has 0 radical (unpaired) electrons. The molecule has 5 heteroatoms. The highest BCUT2D eigenvalue weighted by molar-refractivity contribution is 5.93. The molecule has 0 unspecified atom stereocenters. The fraction of sp³-hybridized carbons (Fsp3) is 0.333. The second-order valence-corrected chi connectivity index (χ2v) is 3.71. The van der Waals surface area contributed by atoms with Crippen molar-refractivity contribution in [3.63, 3.8) is 0 Å². The molecule has 0 saturated heterocycles. The van der Waals surface area contributed by atoms with Gasteiger partial charge in [-0.3, -0.25) is 4.99 Å². The predicted octanol–water partition coefficient (Wildman–Crippen LogP) is 0.420. The largest absolute Gasteiger partial charge is 0.369 e. The zero-order valence-electron chi connectivity index (χ0n) is 10.3. The van der Waals surface area contributed by atoms with E-state index in [2.05, 4.69) is 22.1 Å². The van der Waals surface area contributed by atoms with Gasteiger partial charge in [-0.15, -0.1) is 0 Å². The summed E-state index contributed by atoms with van der Waals surface area (Å²) in [5.74, 6) is 0.568. The predicted molar refractivity (Wildman–Crippen MR) is 71.9 cm³/mol. The number of hydrogen-bond donors (Lipinski definition) is 2. The van der Waals surface area contributed by atoms with Crippen molar-refractivity contribution in [1.82, 2.24) is 4.90 Å². The topological polar surface area (TPSA) is 80.0 Å². The third-order valence-electron chi connectivity index (χ3n) is 2.43. The molecule has 0 atom stereocenters. The Kier molecular flexibility index (Phi) is 5.00. The van der Waals surface area contributed by atoms with Gasteiger partial charge in [-0.1, -0.05) is 30.3 Å². The second kappa shape index (κ2) is 6.52. The molecule has 0 saturated carbocycles. The maximum Gasteiger partial charge on any atom is 0.218 e. The molecular weight excluding hydrogens is 214 g/mol. The van der Waals surface area contributed by atoms with E-state index in [1.54, 1.807) is 7.05 Å². The van der Waals surface area contributed by atoms with Gasteiger partial charge in [0.1, 0.15) is 0 Å². The molecule has 0 bridgehead atoms. The Morgan fingerprint density at radius 2 is 1.88 bits per heavy atom. The molecule has 17 heavy (non-hydrogen) atoms. The number of nitrogens with zero attached hydrogens (tertiary/aromatic N) is 3. The van der Waals surface area contributed by atoms with Crippen molar-refractivity contribution in [3.05, 3.63) is 35.9 Å². The van der Waals surface area contributed by atoms with Crippen LogP contribution in [0.2, 0.25) is 0 Å². The SMILES string of the molecule is CN=C(N)N=C(N)N(C)CCc1ccccc1. The average Bonchev–Trinajstić information content (AvgIpc) is 2.36. The van der Waals surface area contributed by atoms with Crippen LogP contribution in [0, 0.1) is 0 Å². The molecule has 5 nitrogen and oxygen atoms in total. The lowest BCUT2D eigenvalue weighted by Gasteiger charge is -2.17. The van der Waals surface area contributed by atoms with Gasteiger partial charge in [0.2, 0.25) is 5.96 Å². The number of likely N-dealkylation sites (N-methyl/N-ethyl adjacent to an activating group) is 1. The maximum atomic E-state index is 5.77. The van der Waals surface area contributed by atoms with Crippen LogP contribution >= 0.6 is 0 Å². The van der Waals surface area contributed by atoms with Gasteiger partial charge in [-0.2, -0.15) is 4.99 Å². The Morgan fingerprint density at radius 3 is 2.47 bits per heavy atom. The summed E-state index contributed by atoms with van der Waals surface area (Å²) in [6.45, 7) is 0.788. The summed E-state index contributed by atoms with van der Waals surface area (Å²) >= 11 is 0. The monoisotopic (exact) mass is 233 g/mol. The molecule has 0 aliphatic carbocycles. The lowest BCUT2D eigenvalue weighted by molar-refractivity contribution is 0.503. The Labute approximate surface area is 102 Å². The summed E-state index contributed by atoms with van der Waals surface area (Å²) in [5.41, 5.74) is 12.5. The standard InChI is InChI=1S/C12H19N5/c1-15-11(13)16-12(14)17(2)9-8-10-6-4-3-5-7-10/h3-7H,8-9H2,1-2H3,(H4,13,14,15,16). The van der Waals surface area contributed by atoms with E-state index in [4.69, 9.17) is 11.5 Å². The third kappa shape index (κ3) is 4.55. The van der Waals surface area contributed by atoms with Gasteiger partial charge in [0.05, 0.1) is 0 Å². The zero-order valence-corrected chi connectivity index (χ0v) is 10.3. The van der Waals surface area contributed by atoms with Crippen molar-refractivity contribution < 1.29 is 0 Å². The van der Waals surface area contributed by atoms with Crippen LogP contribution in [0.1, 0.15) is 5.56 Å². The first-order valence-electron chi connectivity index (χ1n) is 5.45. The van der Waals surface area contributed by atoms with Gasteiger partial charge in [0, 0.05) is 20.6 Å². The first-order chi connectivity index (χ1) is 8.13. The minimum Gasteiger partial charge on any atom is -0.369 e. The smallest absolute Gasteiger partial charge is 0.218 e. The molecule has 92 valence electrons. The highest BCUT2D eigenvalue weighted by Crippen LogP contribution is 2.00. The van der Waals surface area contributed by atoms with Crippen LogP contribution < -0.4 is 11.5 Å². The molecule has 4 N–H and O–H groups in total. The van der Waals surface area contributed by atoms with Crippen molar-refractivity contribution >= 4 is 11.9 Å². The molecule has 0 aliphatic rings. The van der Waals surface area contributed by atoms with E-state index in [9.17, 15) is 0 Å². The van der Waals surface area contributed by atoms with Crippen molar-refractivity contribution in [2.45, 2.75) is 6.42 Å². The van der Waals surface area contributed by atoms with Gasteiger partial charge in [-0.05, 0) is 12.0 Å².